The first-order valence-corrected chi connectivity index (χ1v) is 3.76. The molecule has 0 rings (SSSR count). The molecule has 55 valence electrons. The first-order valence-electron chi connectivity index (χ1n) is 3.26. The largest absolute Gasteiger partial charge is 0.463 e. The molecule has 0 saturated heterocycles. The molecule has 10 heavy (non-hydrogen) atoms. The molecule has 0 heterocycles. The predicted octanol–water partition coefficient (Wildman–Crippen LogP) is 1.01. The van der Waals surface area contributed by atoms with Crippen LogP contribution in [-0.2, 0) is 9.53 Å². The van der Waals surface area contributed by atoms with E-state index in [1.807, 2.05) is 6.92 Å². The van der Waals surface area contributed by atoms with Crippen LogP contribution in [0.1, 0.15) is 19.8 Å². The third kappa shape index (κ3) is 4.32. The molecule has 0 saturated carbocycles. The number of ether oxygens (including phenoxy) is 1. The third-order valence-corrected chi connectivity index (χ3v) is 1.18. The van der Waals surface area contributed by atoms with Gasteiger partial charge >= 0.3 is 5.97 Å². The summed E-state index contributed by atoms with van der Waals surface area (Å²) in [5.41, 5.74) is 0. The molecule has 0 bridgehead atoms. The van der Waals surface area contributed by atoms with Gasteiger partial charge in [0.1, 0.15) is 0 Å². The van der Waals surface area contributed by atoms with Gasteiger partial charge in [0, 0.05) is 5.20 Å². The molecule has 0 N–H and O–H groups in total. The minimum absolute atomic E-state index is 0.274. The minimum Gasteiger partial charge on any atom is -0.463 e. The van der Waals surface area contributed by atoms with Gasteiger partial charge in [0.05, 0.1) is 16.8 Å². The van der Waals surface area contributed by atoms with Crippen LogP contribution in [0.5, 0.6) is 0 Å². The van der Waals surface area contributed by atoms with Crippen molar-refractivity contribution in [3.63, 3.8) is 0 Å². The monoisotopic (exact) mass is 155 g/mol. The molecular weight excluding hydrogens is 144 g/mol. The number of carbonyl (C=O) groups excluding carboxylic acids is 1. The van der Waals surface area contributed by atoms with Crippen LogP contribution in [0.4, 0.5) is 0 Å². The van der Waals surface area contributed by atoms with Gasteiger partial charge in [0.2, 0.25) is 0 Å². The average molecular weight is 155 g/mol. The molecule has 3 radical (unpaired) electrons. The number of hydrogen-bond acceptors (Lipinski definition) is 2. The van der Waals surface area contributed by atoms with E-state index in [-0.39, 0.29) is 11.2 Å². The molecule has 0 aliphatic rings. The van der Waals surface area contributed by atoms with Crippen LogP contribution in [0.3, 0.4) is 0 Å². The van der Waals surface area contributed by atoms with Crippen LogP contribution in [-0.4, -0.2) is 22.8 Å². The lowest BCUT2D eigenvalue weighted by Crippen LogP contribution is -2.07. The van der Waals surface area contributed by atoms with Crippen molar-refractivity contribution >= 4 is 16.2 Å². The third-order valence-electron chi connectivity index (χ3n) is 0.977. The van der Waals surface area contributed by atoms with E-state index >= 15 is 0 Å². The molecule has 0 atom stereocenters. The quantitative estimate of drug-likeness (QED) is 0.262. The Morgan fingerprint density at radius 2 is 2.30 bits per heavy atom. The van der Waals surface area contributed by atoms with E-state index in [4.69, 9.17) is 4.74 Å². The summed E-state index contributed by atoms with van der Waals surface area (Å²) in [6.07, 6.45) is 1.94. The molecule has 2 nitrogen and oxygen atoms in total. The molecule has 0 fully saturated rings. The molecule has 0 unspecified atom stereocenters. The molecule has 0 aromatic carbocycles. The fourth-order valence-electron chi connectivity index (χ4n) is 0.396. The molecule has 0 spiro atoms. The molecule has 0 aliphatic carbocycles. The van der Waals surface area contributed by atoms with Crippen LogP contribution < -0.4 is 0 Å². The molecule has 3 heteroatoms. The van der Waals surface area contributed by atoms with Crippen molar-refractivity contribution in [3.05, 3.63) is 11.8 Å². The smallest absolute Gasteiger partial charge is 0.328 e. The van der Waals surface area contributed by atoms with E-state index in [2.05, 4.69) is 16.8 Å². The zero-order valence-electron chi connectivity index (χ0n) is 6.14. The summed E-state index contributed by atoms with van der Waals surface area (Å²) < 4.78 is 4.76. The molecule has 0 aliphatic heterocycles. The SMILES string of the molecule is C=C([Si])C(=O)OCCCC. The summed E-state index contributed by atoms with van der Waals surface area (Å²) in [5, 5.41) is 0.274. The summed E-state index contributed by atoms with van der Waals surface area (Å²) >= 11 is 0. The lowest BCUT2D eigenvalue weighted by Gasteiger charge is -2.01. The first kappa shape index (κ1) is 9.43. The summed E-state index contributed by atoms with van der Waals surface area (Å²) in [4.78, 5) is 10.6. The zero-order valence-corrected chi connectivity index (χ0v) is 7.14. The Balaban J connectivity index is 3.31. The standard InChI is InChI=1S/C7H11O2Si/c1-3-4-5-9-7(8)6(2)10/h2-5H2,1H3. The lowest BCUT2D eigenvalue weighted by atomic mass is 10.4. The highest BCUT2D eigenvalue weighted by atomic mass is 28.1. The van der Waals surface area contributed by atoms with Crippen LogP contribution in [0.2, 0.25) is 0 Å². The minimum atomic E-state index is -0.370. The second-order valence-corrected chi connectivity index (χ2v) is 2.57. The molecular formula is C7H11O2Si. The van der Waals surface area contributed by atoms with Crippen molar-refractivity contribution in [3.8, 4) is 0 Å². The Morgan fingerprint density at radius 3 is 2.70 bits per heavy atom. The van der Waals surface area contributed by atoms with Crippen molar-refractivity contribution < 1.29 is 9.53 Å². The van der Waals surface area contributed by atoms with E-state index in [9.17, 15) is 4.79 Å². The first-order chi connectivity index (χ1) is 4.68. The van der Waals surface area contributed by atoms with Crippen molar-refractivity contribution in [1.82, 2.24) is 0 Å². The van der Waals surface area contributed by atoms with Gasteiger partial charge in [-0.2, -0.15) is 0 Å². The van der Waals surface area contributed by atoms with E-state index in [0.717, 1.165) is 12.8 Å². The maximum absolute atomic E-state index is 10.6. The highest BCUT2D eigenvalue weighted by Gasteiger charge is 2.00. The molecule has 0 aromatic heterocycles. The van der Waals surface area contributed by atoms with Crippen molar-refractivity contribution in [2.45, 2.75) is 19.8 Å². The van der Waals surface area contributed by atoms with Gasteiger partial charge in [-0.3, -0.25) is 0 Å². The van der Waals surface area contributed by atoms with E-state index in [1.165, 1.54) is 0 Å². The Labute approximate surface area is 64.7 Å². The number of esters is 1. The summed E-state index contributed by atoms with van der Waals surface area (Å²) in [5.74, 6) is -0.370. The Morgan fingerprint density at radius 1 is 1.70 bits per heavy atom. The van der Waals surface area contributed by atoms with Crippen molar-refractivity contribution in [2.75, 3.05) is 6.61 Å². The van der Waals surface area contributed by atoms with E-state index < -0.39 is 0 Å². The van der Waals surface area contributed by atoms with E-state index in [1.54, 1.807) is 0 Å². The summed E-state index contributed by atoms with van der Waals surface area (Å²) in [6, 6.07) is 0. The topological polar surface area (TPSA) is 26.3 Å². The second-order valence-electron chi connectivity index (χ2n) is 1.97. The average Bonchev–Trinajstić information content (AvgIpc) is 1.88. The zero-order chi connectivity index (χ0) is 7.98. The second kappa shape index (κ2) is 5.23. The Hall–Kier alpha value is -0.573. The van der Waals surface area contributed by atoms with Crippen molar-refractivity contribution in [2.24, 2.45) is 0 Å². The predicted molar refractivity (Wildman–Crippen MR) is 40.8 cm³/mol. The van der Waals surface area contributed by atoms with E-state index in [0.29, 0.717) is 6.61 Å². The normalized spacial score (nSPS) is 9.00. The van der Waals surface area contributed by atoms with Gasteiger partial charge in [-0.15, -0.1) is 0 Å². The van der Waals surface area contributed by atoms with Crippen LogP contribution >= 0.6 is 0 Å². The van der Waals surface area contributed by atoms with Gasteiger partial charge in [-0.25, -0.2) is 4.79 Å². The number of unbranched alkanes of at least 4 members (excludes halogenated alkanes) is 1. The van der Waals surface area contributed by atoms with Crippen LogP contribution in [0, 0.1) is 0 Å². The van der Waals surface area contributed by atoms with Gasteiger partial charge in [-0.05, 0) is 6.42 Å². The van der Waals surface area contributed by atoms with Crippen LogP contribution in [0.25, 0.3) is 0 Å². The number of rotatable bonds is 4. The summed E-state index contributed by atoms with van der Waals surface area (Å²) in [6.45, 7) is 5.90. The Bertz CT molecular complexity index is 132. The highest BCUT2D eigenvalue weighted by molar-refractivity contribution is 6.34. The van der Waals surface area contributed by atoms with Gasteiger partial charge in [0.15, 0.2) is 0 Å². The number of carbonyl (C=O) groups is 1. The fraction of sp³-hybridized carbons (Fsp3) is 0.571. The highest BCUT2D eigenvalue weighted by Crippen LogP contribution is 1.92. The van der Waals surface area contributed by atoms with Gasteiger partial charge in [-0.1, -0.05) is 19.9 Å². The van der Waals surface area contributed by atoms with Crippen molar-refractivity contribution in [1.29, 1.82) is 0 Å². The van der Waals surface area contributed by atoms with Gasteiger partial charge in [0.25, 0.3) is 0 Å². The summed E-state index contributed by atoms with van der Waals surface area (Å²) in [7, 11) is 2.97. The maximum Gasteiger partial charge on any atom is 0.328 e. The van der Waals surface area contributed by atoms with Crippen LogP contribution in [0.15, 0.2) is 11.8 Å². The fourth-order valence-corrected chi connectivity index (χ4v) is 0.468. The Kier molecular flexibility index (Phi) is 4.93. The molecule has 0 amide bonds. The number of hydrogen-bond donors (Lipinski definition) is 0. The maximum atomic E-state index is 10.6. The van der Waals surface area contributed by atoms with Gasteiger partial charge < -0.3 is 4.74 Å². The molecule has 0 aromatic rings. The lowest BCUT2D eigenvalue weighted by molar-refractivity contribution is -0.138.